The lowest BCUT2D eigenvalue weighted by molar-refractivity contribution is -0.308. The van der Waals surface area contributed by atoms with Gasteiger partial charge in [0.2, 0.25) is 5.91 Å². The van der Waals surface area contributed by atoms with Gasteiger partial charge in [0.25, 0.3) is 0 Å². The Labute approximate surface area is 82.9 Å². The predicted octanol–water partition coefficient (Wildman–Crippen LogP) is -0.759. The monoisotopic (exact) mass is 196 g/mol. The third-order valence-electron chi connectivity index (χ3n) is 3.02. The number of amides is 1. The molecule has 0 heterocycles. The van der Waals surface area contributed by atoms with E-state index in [4.69, 9.17) is 0 Å². The summed E-state index contributed by atoms with van der Waals surface area (Å²) in [5.74, 6) is -1.27. The van der Waals surface area contributed by atoms with Gasteiger partial charge in [-0.2, -0.15) is 0 Å². The Morgan fingerprint density at radius 1 is 1.36 bits per heavy atom. The average Bonchev–Trinajstić information content (AvgIpc) is 2.97. The van der Waals surface area contributed by atoms with Crippen molar-refractivity contribution < 1.29 is 14.7 Å². The number of carbonyl (C=O) groups is 2. The topological polar surface area (TPSA) is 60.4 Å². The number of aliphatic carboxylic acids is 1. The van der Waals surface area contributed by atoms with E-state index in [1.54, 1.807) is 11.9 Å². The minimum Gasteiger partial charge on any atom is -0.550 e. The number of carboxylic acid groups (broad SMARTS) is 1. The molecule has 2 fully saturated rings. The number of hydrogen-bond acceptors (Lipinski definition) is 3. The summed E-state index contributed by atoms with van der Waals surface area (Å²) in [6.07, 6.45) is 2.87. The van der Waals surface area contributed by atoms with Crippen molar-refractivity contribution in [3.05, 3.63) is 0 Å². The van der Waals surface area contributed by atoms with E-state index in [-0.39, 0.29) is 11.8 Å². The van der Waals surface area contributed by atoms with Crippen LogP contribution in [0.5, 0.6) is 0 Å². The normalized spacial score (nSPS) is 29.8. The van der Waals surface area contributed by atoms with Crippen LogP contribution in [0.2, 0.25) is 0 Å². The molecule has 0 spiro atoms. The zero-order chi connectivity index (χ0) is 10.3. The Morgan fingerprint density at radius 2 is 2.00 bits per heavy atom. The molecule has 0 aromatic heterocycles. The van der Waals surface area contributed by atoms with Crippen LogP contribution in [0, 0.1) is 17.8 Å². The van der Waals surface area contributed by atoms with Crippen LogP contribution in [0.1, 0.15) is 19.3 Å². The molecule has 2 saturated carbocycles. The molecule has 2 unspecified atom stereocenters. The van der Waals surface area contributed by atoms with E-state index in [2.05, 4.69) is 0 Å². The maximum Gasteiger partial charge on any atom is 0.226 e. The second kappa shape index (κ2) is 3.26. The second-order valence-corrected chi connectivity index (χ2v) is 4.43. The fraction of sp³-hybridized carbons (Fsp3) is 0.800. The first-order chi connectivity index (χ1) is 6.59. The molecule has 2 aliphatic carbocycles. The van der Waals surface area contributed by atoms with E-state index >= 15 is 0 Å². The van der Waals surface area contributed by atoms with Crippen LogP contribution in [0.15, 0.2) is 0 Å². The molecule has 1 amide bonds. The summed E-state index contributed by atoms with van der Waals surface area (Å²) in [5, 5.41) is 10.5. The third kappa shape index (κ3) is 1.89. The molecule has 2 rings (SSSR count). The van der Waals surface area contributed by atoms with Gasteiger partial charge in [0, 0.05) is 31.4 Å². The molecule has 0 radical (unpaired) electrons. The first-order valence-electron chi connectivity index (χ1n) is 5.05. The maximum absolute atomic E-state index is 11.6. The van der Waals surface area contributed by atoms with Crippen molar-refractivity contribution in [1.82, 2.24) is 4.90 Å². The predicted molar refractivity (Wildman–Crippen MR) is 47.0 cm³/mol. The highest BCUT2D eigenvalue weighted by Gasteiger charge is 2.45. The number of hydrogen-bond donors (Lipinski definition) is 0. The summed E-state index contributed by atoms with van der Waals surface area (Å²) < 4.78 is 0. The highest BCUT2D eigenvalue weighted by atomic mass is 16.4. The number of carboxylic acids is 1. The van der Waals surface area contributed by atoms with Crippen LogP contribution in [0.25, 0.3) is 0 Å². The van der Waals surface area contributed by atoms with E-state index in [9.17, 15) is 14.7 Å². The van der Waals surface area contributed by atoms with Crippen molar-refractivity contribution in [2.45, 2.75) is 19.3 Å². The number of carbonyl (C=O) groups excluding carboxylic acids is 2. The molecule has 0 bridgehead atoms. The summed E-state index contributed by atoms with van der Waals surface area (Å²) >= 11 is 0. The largest absolute Gasteiger partial charge is 0.550 e. The molecule has 0 aliphatic heterocycles. The van der Waals surface area contributed by atoms with E-state index in [0.29, 0.717) is 12.3 Å². The van der Waals surface area contributed by atoms with Crippen molar-refractivity contribution in [2.75, 3.05) is 13.6 Å². The summed E-state index contributed by atoms with van der Waals surface area (Å²) in [5.41, 5.74) is 0. The standard InChI is InChI=1S/C10H15NO3/c1-11(5-6-2-3-6)9(12)7-4-8(7)10(13)14/h6-8H,2-5H2,1H3,(H,13,14)/p-1. The van der Waals surface area contributed by atoms with Crippen LogP contribution < -0.4 is 5.11 Å². The van der Waals surface area contributed by atoms with Gasteiger partial charge >= 0.3 is 0 Å². The zero-order valence-corrected chi connectivity index (χ0v) is 8.23. The molecular formula is C10H14NO3-. The highest BCUT2D eigenvalue weighted by Crippen LogP contribution is 2.40. The Hall–Kier alpha value is -1.06. The molecule has 0 aromatic carbocycles. The van der Waals surface area contributed by atoms with E-state index in [0.717, 1.165) is 6.54 Å². The molecule has 4 nitrogen and oxygen atoms in total. The quantitative estimate of drug-likeness (QED) is 0.594. The lowest BCUT2D eigenvalue weighted by atomic mass is 10.2. The highest BCUT2D eigenvalue weighted by molar-refractivity contribution is 5.88. The Bertz CT molecular complexity index is 273. The van der Waals surface area contributed by atoms with Gasteiger partial charge in [0.05, 0.1) is 0 Å². The Kier molecular flexibility index (Phi) is 2.21. The van der Waals surface area contributed by atoms with Gasteiger partial charge in [-0.25, -0.2) is 0 Å². The van der Waals surface area contributed by atoms with E-state index < -0.39 is 11.9 Å². The fourth-order valence-electron chi connectivity index (χ4n) is 1.79. The summed E-state index contributed by atoms with van der Waals surface area (Å²) in [6.45, 7) is 0.787. The molecule has 0 aromatic rings. The number of nitrogens with zero attached hydrogens (tertiary/aromatic N) is 1. The zero-order valence-electron chi connectivity index (χ0n) is 8.23. The Balaban J connectivity index is 1.80. The molecule has 2 aliphatic rings. The summed E-state index contributed by atoms with van der Waals surface area (Å²) in [4.78, 5) is 23.7. The molecule has 0 saturated heterocycles. The average molecular weight is 196 g/mol. The number of rotatable bonds is 4. The van der Waals surface area contributed by atoms with Gasteiger partial charge in [0.1, 0.15) is 0 Å². The molecule has 78 valence electrons. The fourth-order valence-corrected chi connectivity index (χ4v) is 1.79. The van der Waals surface area contributed by atoms with E-state index in [1.165, 1.54) is 12.8 Å². The molecule has 14 heavy (non-hydrogen) atoms. The van der Waals surface area contributed by atoms with Gasteiger partial charge in [-0.15, -0.1) is 0 Å². The first kappa shape index (κ1) is 9.49. The van der Waals surface area contributed by atoms with Crippen molar-refractivity contribution >= 4 is 11.9 Å². The van der Waals surface area contributed by atoms with Crippen LogP contribution in [-0.2, 0) is 9.59 Å². The minimum atomic E-state index is -1.08. The SMILES string of the molecule is CN(CC1CC1)C(=O)C1CC1C(=O)[O-]. The van der Waals surface area contributed by atoms with Crippen molar-refractivity contribution in [1.29, 1.82) is 0 Å². The summed E-state index contributed by atoms with van der Waals surface area (Å²) in [7, 11) is 1.76. The minimum absolute atomic E-state index is 0.0221. The smallest absolute Gasteiger partial charge is 0.226 e. The van der Waals surface area contributed by atoms with Gasteiger partial charge in [-0.1, -0.05) is 0 Å². The van der Waals surface area contributed by atoms with Crippen LogP contribution in [0.3, 0.4) is 0 Å². The lowest BCUT2D eigenvalue weighted by Gasteiger charge is -2.16. The molecular weight excluding hydrogens is 182 g/mol. The van der Waals surface area contributed by atoms with Crippen molar-refractivity contribution in [3.8, 4) is 0 Å². The van der Waals surface area contributed by atoms with Gasteiger partial charge in [0.15, 0.2) is 0 Å². The van der Waals surface area contributed by atoms with E-state index in [1.807, 2.05) is 0 Å². The molecule has 2 atom stereocenters. The summed E-state index contributed by atoms with van der Waals surface area (Å²) in [6, 6.07) is 0. The van der Waals surface area contributed by atoms with Crippen LogP contribution >= 0.6 is 0 Å². The van der Waals surface area contributed by atoms with Gasteiger partial charge in [-0.05, 0) is 25.2 Å². The van der Waals surface area contributed by atoms with Crippen LogP contribution in [0.4, 0.5) is 0 Å². The molecule has 4 heteroatoms. The maximum atomic E-state index is 11.6. The molecule has 0 N–H and O–H groups in total. The van der Waals surface area contributed by atoms with Crippen molar-refractivity contribution in [2.24, 2.45) is 17.8 Å². The van der Waals surface area contributed by atoms with Gasteiger partial charge in [-0.3, -0.25) is 4.79 Å². The second-order valence-electron chi connectivity index (χ2n) is 4.43. The first-order valence-corrected chi connectivity index (χ1v) is 5.05. The van der Waals surface area contributed by atoms with Crippen LogP contribution in [-0.4, -0.2) is 30.4 Å². The lowest BCUT2D eigenvalue weighted by Crippen LogP contribution is -2.33. The van der Waals surface area contributed by atoms with Crippen molar-refractivity contribution in [3.63, 3.8) is 0 Å². The third-order valence-corrected chi connectivity index (χ3v) is 3.02. The Morgan fingerprint density at radius 3 is 2.43 bits per heavy atom. The van der Waals surface area contributed by atoms with Gasteiger partial charge < -0.3 is 14.8 Å².